The van der Waals surface area contributed by atoms with E-state index in [2.05, 4.69) is 5.32 Å². The van der Waals surface area contributed by atoms with Gasteiger partial charge < -0.3 is 14.8 Å². The van der Waals surface area contributed by atoms with Crippen molar-refractivity contribution in [2.75, 3.05) is 29.6 Å². The number of sulfonamides is 1. The molecule has 0 heterocycles. The number of hydrogen-bond donors (Lipinski definition) is 1. The lowest BCUT2D eigenvalue weighted by Gasteiger charge is -2.28. The van der Waals surface area contributed by atoms with Gasteiger partial charge >= 0.3 is 5.97 Å². The van der Waals surface area contributed by atoms with E-state index < -0.39 is 27.9 Å². The van der Waals surface area contributed by atoms with Crippen LogP contribution in [-0.2, 0) is 19.6 Å². The summed E-state index contributed by atoms with van der Waals surface area (Å²) in [4.78, 5) is 25.0. The third kappa shape index (κ3) is 5.43. The molecule has 0 aromatic heterocycles. The number of amides is 1. The van der Waals surface area contributed by atoms with E-state index >= 15 is 0 Å². The van der Waals surface area contributed by atoms with E-state index in [1.165, 1.54) is 44.4 Å². The molecule has 162 valence electrons. The number of carbonyl (C=O) groups is 2. The van der Waals surface area contributed by atoms with Gasteiger partial charge in [-0.1, -0.05) is 23.7 Å². The van der Waals surface area contributed by atoms with Crippen LogP contribution in [0.3, 0.4) is 0 Å². The van der Waals surface area contributed by atoms with Crippen LogP contribution < -0.4 is 14.4 Å². The highest BCUT2D eigenvalue weighted by atomic mass is 35.5. The smallest absolute Gasteiger partial charge is 0.340 e. The van der Waals surface area contributed by atoms with Crippen LogP contribution in [-0.4, -0.2) is 46.3 Å². The van der Waals surface area contributed by atoms with Gasteiger partial charge in [-0.3, -0.25) is 9.10 Å². The number of para-hydroxylation sites is 1. The minimum atomic E-state index is -3.84. The van der Waals surface area contributed by atoms with Gasteiger partial charge in [0.15, 0.2) is 0 Å². The van der Waals surface area contributed by atoms with Crippen LogP contribution in [0.15, 0.2) is 42.5 Å². The Bertz CT molecular complexity index is 1040. The van der Waals surface area contributed by atoms with Crippen molar-refractivity contribution in [1.82, 2.24) is 0 Å². The number of nitrogens with zero attached hydrogens (tertiary/aromatic N) is 1. The van der Waals surface area contributed by atoms with Crippen LogP contribution in [0.25, 0.3) is 0 Å². The average Bonchev–Trinajstić information content (AvgIpc) is 2.67. The molecule has 0 aliphatic carbocycles. The molecule has 30 heavy (non-hydrogen) atoms. The van der Waals surface area contributed by atoms with Gasteiger partial charge in [0.25, 0.3) is 0 Å². The van der Waals surface area contributed by atoms with E-state index in [9.17, 15) is 18.0 Å². The number of rotatable bonds is 8. The topological polar surface area (TPSA) is 102 Å². The Balaban J connectivity index is 2.37. The third-order valence-electron chi connectivity index (χ3n) is 4.16. The first-order valence-corrected chi connectivity index (χ1v) is 11.2. The van der Waals surface area contributed by atoms with Gasteiger partial charge in [0.2, 0.25) is 15.9 Å². The number of methoxy groups -OCH3 is 1. The van der Waals surface area contributed by atoms with Gasteiger partial charge in [-0.15, -0.1) is 0 Å². The average molecular weight is 455 g/mol. The molecule has 0 aliphatic heterocycles. The van der Waals surface area contributed by atoms with E-state index in [1.807, 2.05) is 0 Å². The lowest BCUT2D eigenvalue weighted by molar-refractivity contribution is -0.116. The summed E-state index contributed by atoms with van der Waals surface area (Å²) in [7, 11) is -2.41. The van der Waals surface area contributed by atoms with Crippen molar-refractivity contribution in [3.8, 4) is 5.75 Å². The predicted molar refractivity (Wildman–Crippen MR) is 116 cm³/mol. The Hall–Kier alpha value is -2.78. The molecule has 0 radical (unpaired) electrons. The summed E-state index contributed by atoms with van der Waals surface area (Å²) in [5, 5.41) is 2.80. The fraction of sp³-hybridized carbons (Fsp3) is 0.300. The second-order valence-electron chi connectivity index (χ2n) is 6.31. The zero-order valence-electron chi connectivity index (χ0n) is 17.0. The lowest BCUT2D eigenvalue weighted by atomic mass is 10.1. The minimum Gasteiger partial charge on any atom is -0.495 e. The molecule has 0 saturated carbocycles. The Kier molecular flexibility index (Phi) is 7.69. The molecule has 0 fully saturated rings. The van der Waals surface area contributed by atoms with E-state index in [1.54, 1.807) is 19.1 Å². The van der Waals surface area contributed by atoms with E-state index in [0.29, 0.717) is 5.75 Å². The molecule has 2 aromatic carbocycles. The Morgan fingerprint density at radius 3 is 2.43 bits per heavy atom. The summed E-state index contributed by atoms with van der Waals surface area (Å²) in [5.74, 6) is -0.860. The van der Waals surface area contributed by atoms with Gasteiger partial charge in [0.05, 0.1) is 41.9 Å². The van der Waals surface area contributed by atoms with Crippen molar-refractivity contribution in [3.63, 3.8) is 0 Å². The van der Waals surface area contributed by atoms with Crippen LogP contribution in [0.1, 0.15) is 24.2 Å². The summed E-state index contributed by atoms with van der Waals surface area (Å²) in [5.41, 5.74) is 0.580. The molecular formula is C20H23ClN2O6S. The van der Waals surface area contributed by atoms with Crippen molar-refractivity contribution in [2.45, 2.75) is 19.9 Å². The normalized spacial score (nSPS) is 12.0. The number of nitrogens with one attached hydrogen (secondary N) is 1. The second kappa shape index (κ2) is 9.82. The molecule has 1 N–H and O–H groups in total. The first-order valence-electron chi connectivity index (χ1n) is 9.00. The number of anilines is 2. The maximum absolute atomic E-state index is 12.9. The van der Waals surface area contributed by atoms with E-state index in [-0.39, 0.29) is 28.6 Å². The standard InChI is InChI=1S/C20H23ClN2O6S/c1-5-29-20(25)15-8-6-7-9-17(15)22-19(24)13(2)23(30(4,26)27)14-10-11-18(28-3)16(21)12-14/h6-13H,5H2,1-4H3,(H,22,24)/t13-/m0/s1. The van der Waals surface area contributed by atoms with Gasteiger partial charge in [-0.2, -0.15) is 0 Å². The molecule has 0 saturated heterocycles. The summed E-state index contributed by atoms with van der Waals surface area (Å²) < 4.78 is 35.9. The molecule has 10 heteroatoms. The van der Waals surface area contributed by atoms with Crippen molar-refractivity contribution >= 4 is 44.9 Å². The van der Waals surface area contributed by atoms with Gasteiger partial charge in [-0.05, 0) is 44.2 Å². The van der Waals surface area contributed by atoms with Crippen molar-refractivity contribution in [2.24, 2.45) is 0 Å². The zero-order chi connectivity index (χ0) is 22.5. The molecule has 2 rings (SSSR count). The van der Waals surface area contributed by atoms with Crippen LogP contribution in [0.2, 0.25) is 5.02 Å². The van der Waals surface area contributed by atoms with Gasteiger partial charge in [0, 0.05) is 0 Å². The van der Waals surface area contributed by atoms with E-state index in [0.717, 1.165) is 10.6 Å². The summed E-state index contributed by atoms with van der Waals surface area (Å²) in [6.45, 7) is 3.28. The summed E-state index contributed by atoms with van der Waals surface area (Å²) >= 11 is 6.12. The number of benzene rings is 2. The SMILES string of the molecule is CCOC(=O)c1ccccc1NC(=O)[C@H](C)N(c1ccc(OC)c(Cl)c1)S(C)(=O)=O. The zero-order valence-corrected chi connectivity index (χ0v) is 18.6. The number of carbonyl (C=O) groups excluding carboxylic acids is 2. The number of esters is 1. The highest BCUT2D eigenvalue weighted by Gasteiger charge is 2.30. The van der Waals surface area contributed by atoms with Crippen molar-refractivity contribution in [1.29, 1.82) is 0 Å². The van der Waals surface area contributed by atoms with Crippen LogP contribution in [0.5, 0.6) is 5.75 Å². The van der Waals surface area contributed by atoms with Crippen LogP contribution in [0, 0.1) is 0 Å². The lowest BCUT2D eigenvalue weighted by Crippen LogP contribution is -2.45. The Morgan fingerprint density at radius 1 is 1.20 bits per heavy atom. The van der Waals surface area contributed by atoms with E-state index in [4.69, 9.17) is 21.1 Å². The summed E-state index contributed by atoms with van der Waals surface area (Å²) in [6.07, 6.45) is 0.988. The largest absolute Gasteiger partial charge is 0.495 e. The molecule has 0 bridgehead atoms. The fourth-order valence-corrected chi connectivity index (χ4v) is 4.24. The maximum Gasteiger partial charge on any atom is 0.340 e. The quantitative estimate of drug-likeness (QED) is 0.614. The fourth-order valence-electron chi connectivity index (χ4n) is 2.82. The highest BCUT2D eigenvalue weighted by molar-refractivity contribution is 7.92. The molecule has 1 atom stereocenters. The third-order valence-corrected chi connectivity index (χ3v) is 5.70. The number of halogens is 1. The molecular weight excluding hydrogens is 432 g/mol. The molecule has 0 spiro atoms. The molecule has 1 amide bonds. The molecule has 0 aliphatic rings. The number of hydrogen-bond acceptors (Lipinski definition) is 6. The monoisotopic (exact) mass is 454 g/mol. The molecule has 2 aromatic rings. The second-order valence-corrected chi connectivity index (χ2v) is 8.58. The Morgan fingerprint density at radius 2 is 1.87 bits per heavy atom. The highest BCUT2D eigenvalue weighted by Crippen LogP contribution is 2.31. The van der Waals surface area contributed by atoms with Gasteiger partial charge in [0.1, 0.15) is 11.8 Å². The van der Waals surface area contributed by atoms with Crippen molar-refractivity contribution < 1.29 is 27.5 Å². The Labute approximate surface area is 180 Å². The summed E-state index contributed by atoms with van der Waals surface area (Å²) in [6, 6.07) is 9.58. The van der Waals surface area contributed by atoms with Crippen LogP contribution in [0.4, 0.5) is 11.4 Å². The van der Waals surface area contributed by atoms with Gasteiger partial charge in [-0.25, -0.2) is 13.2 Å². The first-order chi connectivity index (χ1) is 14.1. The molecule has 0 unspecified atom stereocenters. The van der Waals surface area contributed by atoms with Crippen molar-refractivity contribution in [3.05, 3.63) is 53.1 Å². The number of ether oxygens (including phenoxy) is 2. The maximum atomic E-state index is 12.9. The molecule has 8 nitrogen and oxygen atoms in total. The first kappa shape index (κ1) is 23.5. The minimum absolute atomic E-state index is 0.165. The predicted octanol–water partition coefficient (Wildman–Crippen LogP) is 3.32. The van der Waals surface area contributed by atoms with Crippen LogP contribution >= 0.6 is 11.6 Å².